The van der Waals surface area contributed by atoms with Crippen LogP contribution in [0.15, 0.2) is 85.0 Å². The lowest BCUT2D eigenvalue weighted by molar-refractivity contribution is -0.115. The summed E-state index contributed by atoms with van der Waals surface area (Å²) < 4.78 is 7.48. The minimum atomic E-state index is -2.68. The second-order valence-corrected chi connectivity index (χ2v) is 15.8. The number of aldehydes is 1. The molecule has 0 unspecified atom stereocenters. The molecule has 0 aromatic heterocycles. The monoisotopic (exact) mass is 488 g/mol. The molecule has 188 valence electrons. The van der Waals surface area contributed by atoms with Crippen molar-refractivity contribution in [2.45, 2.75) is 71.9 Å². The van der Waals surface area contributed by atoms with Gasteiger partial charge in [-0.05, 0) is 59.4 Å². The van der Waals surface area contributed by atoms with Gasteiger partial charge in [-0.1, -0.05) is 113 Å². The maximum absolute atomic E-state index is 12.4. The minimum Gasteiger partial charge on any atom is -0.404 e. The van der Waals surface area contributed by atoms with Gasteiger partial charge in [-0.15, -0.1) is 6.58 Å². The first kappa shape index (κ1) is 27.4. The number of carbonyl (C=O) groups is 1. The van der Waals surface area contributed by atoms with E-state index >= 15 is 0 Å². The summed E-state index contributed by atoms with van der Waals surface area (Å²) in [5, 5.41) is 2.49. The van der Waals surface area contributed by atoms with Crippen LogP contribution in [0.5, 0.6) is 0 Å². The SMILES string of the molecule is C=CC[C@H](C[C@H]1C(C)=CC[C@H](C(C)C)[C@H]1C=O)O[Si](c1ccccc1)(c1ccccc1)C(C)(C)C. The molecule has 0 radical (unpaired) electrons. The number of rotatable bonds is 10. The zero-order valence-corrected chi connectivity index (χ0v) is 23.5. The van der Waals surface area contributed by atoms with E-state index in [1.165, 1.54) is 22.2 Å². The summed E-state index contributed by atoms with van der Waals surface area (Å²) in [6, 6.07) is 21.6. The van der Waals surface area contributed by atoms with Gasteiger partial charge in [0.05, 0.1) is 0 Å². The lowest BCUT2D eigenvalue weighted by Crippen LogP contribution is -2.67. The summed E-state index contributed by atoms with van der Waals surface area (Å²) in [4.78, 5) is 12.4. The van der Waals surface area contributed by atoms with Gasteiger partial charge in [0.2, 0.25) is 0 Å². The van der Waals surface area contributed by atoms with Crippen molar-refractivity contribution in [1.82, 2.24) is 0 Å². The second kappa shape index (κ2) is 11.7. The van der Waals surface area contributed by atoms with E-state index in [1.807, 2.05) is 6.08 Å². The highest BCUT2D eigenvalue weighted by Gasteiger charge is 2.51. The van der Waals surface area contributed by atoms with Crippen LogP contribution in [0.1, 0.15) is 60.8 Å². The van der Waals surface area contributed by atoms with Crippen molar-refractivity contribution in [2.75, 3.05) is 0 Å². The average Bonchev–Trinajstić information content (AvgIpc) is 2.83. The number of allylic oxidation sites excluding steroid dienone is 2. The summed E-state index contributed by atoms with van der Waals surface area (Å²) in [7, 11) is -2.68. The van der Waals surface area contributed by atoms with Crippen molar-refractivity contribution < 1.29 is 9.22 Å². The molecule has 0 fully saturated rings. The largest absolute Gasteiger partial charge is 0.404 e. The standard InChI is InChI=1S/C32H44O2Si/c1-8-15-26(22-30-25(4)20-21-29(24(2)3)31(30)23-33)34-35(32(5,6)7,27-16-11-9-12-17-27)28-18-13-10-14-19-28/h8-14,16-20,23-24,26,29-31H,1,15,21-22H2,2-7H3/t26-,29-,30+,31-/m1/s1. The molecule has 2 aromatic rings. The fourth-order valence-electron chi connectivity index (χ4n) is 6.09. The number of hydrogen-bond acceptors (Lipinski definition) is 2. The Labute approximate surface area is 214 Å². The maximum Gasteiger partial charge on any atom is 0.261 e. The van der Waals surface area contributed by atoms with Gasteiger partial charge < -0.3 is 9.22 Å². The molecule has 0 saturated carbocycles. The third kappa shape index (κ3) is 5.78. The van der Waals surface area contributed by atoms with Crippen molar-refractivity contribution in [2.24, 2.45) is 23.7 Å². The van der Waals surface area contributed by atoms with E-state index in [2.05, 4.69) is 115 Å². The highest BCUT2D eigenvalue weighted by Crippen LogP contribution is 2.43. The summed E-state index contributed by atoms with van der Waals surface area (Å²) >= 11 is 0. The van der Waals surface area contributed by atoms with Gasteiger partial charge in [-0.3, -0.25) is 0 Å². The Morgan fingerprint density at radius 2 is 1.57 bits per heavy atom. The van der Waals surface area contributed by atoms with Crippen molar-refractivity contribution in [3.8, 4) is 0 Å². The van der Waals surface area contributed by atoms with Crippen LogP contribution < -0.4 is 10.4 Å². The molecule has 4 atom stereocenters. The topological polar surface area (TPSA) is 26.3 Å². The van der Waals surface area contributed by atoms with Crippen molar-refractivity contribution in [3.05, 3.63) is 85.0 Å². The van der Waals surface area contributed by atoms with E-state index in [9.17, 15) is 4.79 Å². The zero-order valence-electron chi connectivity index (χ0n) is 22.5. The predicted molar refractivity (Wildman–Crippen MR) is 152 cm³/mol. The van der Waals surface area contributed by atoms with E-state index < -0.39 is 8.32 Å². The van der Waals surface area contributed by atoms with Crippen molar-refractivity contribution in [3.63, 3.8) is 0 Å². The van der Waals surface area contributed by atoms with E-state index in [0.29, 0.717) is 11.8 Å². The first-order valence-electron chi connectivity index (χ1n) is 13.2. The molecule has 0 saturated heterocycles. The summed E-state index contributed by atoms with van der Waals surface area (Å²) in [6.07, 6.45) is 8.16. The van der Waals surface area contributed by atoms with E-state index in [1.54, 1.807) is 0 Å². The maximum atomic E-state index is 12.4. The van der Waals surface area contributed by atoms with Gasteiger partial charge in [-0.2, -0.15) is 0 Å². The lowest BCUT2D eigenvalue weighted by atomic mass is 9.67. The van der Waals surface area contributed by atoms with Crippen LogP contribution >= 0.6 is 0 Å². The highest BCUT2D eigenvalue weighted by atomic mass is 28.4. The molecule has 0 aliphatic heterocycles. The van der Waals surface area contributed by atoms with Gasteiger partial charge in [0.25, 0.3) is 8.32 Å². The Morgan fingerprint density at radius 1 is 1.03 bits per heavy atom. The van der Waals surface area contributed by atoms with Gasteiger partial charge in [0, 0.05) is 12.0 Å². The number of benzene rings is 2. The highest BCUT2D eigenvalue weighted by molar-refractivity contribution is 6.99. The van der Waals surface area contributed by atoms with Gasteiger partial charge in [0.15, 0.2) is 0 Å². The summed E-state index contributed by atoms with van der Waals surface area (Å²) in [5.41, 5.74) is 1.33. The van der Waals surface area contributed by atoms with Gasteiger partial charge in [0.1, 0.15) is 6.29 Å². The van der Waals surface area contributed by atoms with E-state index in [4.69, 9.17) is 4.43 Å². The third-order valence-corrected chi connectivity index (χ3v) is 13.1. The molecule has 1 aliphatic carbocycles. The Hall–Kier alpha value is -2.23. The molecule has 0 bridgehead atoms. The fourth-order valence-corrected chi connectivity index (χ4v) is 10.8. The molecule has 0 N–H and O–H groups in total. The normalized spacial score (nSPS) is 21.9. The summed E-state index contributed by atoms with van der Waals surface area (Å²) in [6.45, 7) is 17.7. The zero-order chi connectivity index (χ0) is 25.6. The van der Waals surface area contributed by atoms with Gasteiger partial charge >= 0.3 is 0 Å². The van der Waals surface area contributed by atoms with Crippen LogP contribution in [-0.4, -0.2) is 20.7 Å². The van der Waals surface area contributed by atoms with Crippen LogP contribution in [0.3, 0.4) is 0 Å². The van der Waals surface area contributed by atoms with Crippen LogP contribution in [0.4, 0.5) is 0 Å². The third-order valence-electron chi connectivity index (χ3n) is 7.98. The lowest BCUT2D eigenvalue weighted by Gasteiger charge is -2.46. The predicted octanol–water partition coefficient (Wildman–Crippen LogP) is 6.95. The first-order chi connectivity index (χ1) is 16.7. The molecule has 2 nitrogen and oxygen atoms in total. The molecular weight excluding hydrogens is 444 g/mol. The van der Waals surface area contributed by atoms with Crippen LogP contribution in [0, 0.1) is 23.7 Å². The van der Waals surface area contributed by atoms with Crippen molar-refractivity contribution in [1.29, 1.82) is 0 Å². The molecule has 3 rings (SSSR count). The van der Waals surface area contributed by atoms with E-state index in [0.717, 1.165) is 19.3 Å². The van der Waals surface area contributed by atoms with Crippen LogP contribution in [-0.2, 0) is 9.22 Å². The number of hydrogen-bond donors (Lipinski definition) is 0. The molecule has 0 amide bonds. The second-order valence-electron chi connectivity index (χ2n) is 11.6. The van der Waals surface area contributed by atoms with Crippen molar-refractivity contribution >= 4 is 25.0 Å². The van der Waals surface area contributed by atoms with E-state index in [-0.39, 0.29) is 23.0 Å². The molecule has 3 heteroatoms. The molecule has 1 aliphatic rings. The Kier molecular flexibility index (Phi) is 9.12. The van der Waals surface area contributed by atoms with Crippen LogP contribution in [0.2, 0.25) is 5.04 Å². The average molecular weight is 489 g/mol. The fraction of sp³-hybridized carbons (Fsp3) is 0.469. The smallest absolute Gasteiger partial charge is 0.261 e. The quantitative estimate of drug-likeness (QED) is 0.205. The number of carbonyl (C=O) groups excluding carboxylic acids is 1. The molecular formula is C32H44O2Si. The Bertz CT molecular complexity index is 948. The Balaban J connectivity index is 2.09. The molecule has 35 heavy (non-hydrogen) atoms. The van der Waals surface area contributed by atoms with Gasteiger partial charge in [-0.25, -0.2) is 0 Å². The molecule has 2 aromatic carbocycles. The molecule has 0 heterocycles. The minimum absolute atomic E-state index is 0.0134. The first-order valence-corrected chi connectivity index (χ1v) is 15.1. The molecule has 0 spiro atoms. The Morgan fingerprint density at radius 3 is 2.00 bits per heavy atom. The summed E-state index contributed by atoms with van der Waals surface area (Å²) in [5.74, 6) is 1.11. The van der Waals surface area contributed by atoms with Crippen LogP contribution in [0.25, 0.3) is 0 Å².